The number of hydrogen-bond acceptors (Lipinski definition) is 3. The number of carbonyl (C=O) groups is 1. The third kappa shape index (κ3) is 23.3. The van der Waals surface area contributed by atoms with Gasteiger partial charge < -0.3 is 15.0 Å². The van der Waals surface area contributed by atoms with Crippen LogP contribution in [-0.2, 0) is 9.53 Å². The number of likely N-dealkylation sites (N-methyl/N-ethyl adjacent to an activating group) is 1. The first-order valence-electron chi connectivity index (χ1n) is 6.11. The van der Waals surface area contributed by atoms with Crippen LogP contribution in [0.25, 0.3) is 0 Å². The highest BCUT2D eigenvalue weighted by atomic mass is 16.5. The molecule has 16 heavy (non-hydrogen) atoms. The summed E-state index contributed by atoms with van der Waals surface area (Å²) in [6.07, 6.45) is 0. The average molecular weight is 234 g/mol. The molecule has 1 N–H and O–H groups in total. The third-order valence-electron chi connectivity index (χ3n) is 1.59. The van der Waals surface area contributed by atoms with Crippen molar-refractivity contribution in [2.45, 2.75) is 34.6 Å². The molecular formula is C12H30N2O2. The van der Waals surface area contributed by atoms with E-state index in [9.17, 15) is 4.79 Å². The quantitative estimate of drug-likeness (QED) is 0.694. The lowest BCUT2D eigenvalue weighted by Crippen LogP contribution is -2.32. The Labute approximate surface area is 101 Å². The maximum Gasteiger partial charge on any atom is 0.216 e. The number of carbonyl (C=O) groups excluding carboxylic acids is 1. The molecule has 1 aliphatic rings. The van der Waals surface area contributed by atoms with Crippen LogP contribution in [0.15, 0.2) is 0 Å². The summed E-state index contributed by atoms with van der Waals surface area (Å²) in [6, 6.07) is 0. The van der Waals surface area contributed by atoms with Gasteiger partial charge in [0.2, 0.25) is 5.91 Å². The summed E-state index contributed by atoms with van der Waals surface area (Å²) in [7, 11) is 3.71. The van der Waals surface area contributed by atoms with Gasteiger partial charge in [-0.15, -0.1) is 0 Å². The number of nitrogens with zero attached hydrogens (tertiary/aromatic N) is 1. The third-order valence-corrected chi connectivity index (χ3v) is 1.59. The van der Waals surface area contributed by atoms with Crippen molar-refractivity contribution < 1.29 is 9.53 Å². The topological polar surface area (TPSA) is 41.6 Å². The summed E-state index contributed by atoms with van der Waals surface area (Å²) in [5.74, 6) is 0.00463. The Balaban J connectivity index is -0.000000167. The van der Waals surface area contributed by atoms with Crippen molar-refractivity contribution >= 4 is 5.91 Å². The second kappa shape index (κ2) is 19.9. The number of morpholine rings is 1. The van der Waals surface area contributed by atoms with Gasteiger partial charge in [0, 0.05) is 27.1 Å². The fourth-order valence-corrected chi connectivity index (χ4v) is 0.655. The van der Waals surface area contributed by atoms with Crippen molar-refractivity contribution in [3.63, 3.8) is 0 Å². The molecule has 100 valence electrons. The lowest BCUT2D eigenvalue weighted by atomic mass is 10.5. The van der Waals surface area contributed by atoms with Crippen LogP contribution in [0.5, 0.6) is 0 Å². The highest BCUT2D eigenvalue weighted by Crippen LogP contribution is 1.89. The second-order valence-electron chi connectivity index (χ2n) is 2.72. The molecule has 0 aromatic carbocycles. The molecule has 1 amide bonds. The van der Waals surface area contributed by atoms with Gasteiger partial charge in [-0.05, 0) is 7.05 Å². The number of hydrogen-bond donors (Lipinski definition) is 1. The summed E-state index contributed by atoms with van der Waals surface area (Å²) in [5.41, 5.74) is 0. The van der Waals surface area contributed by atoms with Gasteiger partial charge in [0.1, 0.15) is 0 Å². The van der Waals surface area contributed by atoms with Gasteiger partial charge in [-0.3, -0.25) is 4.79 Å². The Bertz CT molecular complexity index is 124. The summed E-state index contributed by atoms with van der Waals surface area (Å²) >= 11 is 0. The molecule has 0 atom stereocenters. The Kier molecular flexibility index (Phi) is 25.8. The molecule has 0 bridgehead atoms. The Hall–Kier alpha value is -0.610. The maximum absolute atomic E-state index is 9.70. The minimum atomic E-state index is 0.00463. The van der Waals surface area contributed by atoms with E-state index >= 15 is 0 Å². The van der Waals surface area contributed by atoms with E-state index in [-0.39, 0.29) is 5.91 Å². The molecule has 4 heteroatoms. The highest BCUT2D eigenvalue weighted by molar-refractivity contribution is 5.72. The molecule has 1 aliphatic heterocycles. The zero-order valence-corrected chi connectivity index (χ0v) is 12.1. The number of rotatable bonds is 0. The van der Waals surface area contributed by atoms with Crippen LogP contribution in [-0.4, -0.2) is 51.2 Å². The summed E-state index contributed by atoms with van der Waals surface area (Å²) in [6.45, 7) is 13.5. The lowest BCUT2D eigenvalue weighted by Gasteiger charge is -2.21. The zero-order chi connectivity index (χ0) is 13.4. The minimum absolute atomic E-state index is 0.00463. The molecule has 0 radical (unpaired) electrons. The largest absolute Gasteiger partial charge is 0.379 e. The van der Waals surface area contributed by atoms with Gasteiger partial charge in [0.25, 0.3) is 0 Å². The predicted octanol–water partition coefficient (Wildman–Crippen LogP) is 1.75. The number of amides is 1. The van der Waals surface area contributed by atoms with Crippen LogP contribution in [0.2, 0.25) is 0 Å². The van der Waals surface area contributed by atoms with E-state index in [0.717, 1.165) is 26.3 Å². The monoisotopic (exact) mass is 234 g/mol. The Morgan fingerprint density at radius 1 is 1.12 bits per heavy atom. The van der Waals surface area contributed by atoms with Crippen LogP contribution in [0.3, 0.4) is 0 Å². The van der Waals surface area contributed by atoms with Gasteiger partial charge >= 0.3 is 0 Å². The molecule has 0 unspecified atom stereocenters. The van der Waals surface area contributed by atoms with Crippen molar-refractivity contribution in [2.24, 2.45) is 0 Å². The van der Waals surface area contributed by atoms with E-state index in [1.54, 1.807) is 7.05 Å². The van der Waals surface area contributed by atoms with Crippen LogP contribution >= 0.6 is 0 Å². The summed E-state index contributed by atoms with van der Waals surface area (Å²) in [5, 5.41) is 2.39. The number of ether oxygens (including phenoxy) is 1. The molecule has 1 fully saturated rings. The zero-order valence-electron chi connectivity index (χ0n) is 12.1. The second-order valence-corrected chi connectivity index (χ2v) is 2.72. The summed E-state index contributed by atoms with van der Waals surface area (Å²) < 4.78 is 5.10. The highest BCUT2D eigenvalue weighted by Gasteiger charge is 2.02. The SMILES string of the molecule is CC.CC.CN1CCOCC1.CNC(C)=O. The summed E-state index contributed by atoms with van der Waals surface area (Å²) in [4.78, 5) is 12.0. The van der Waals surface area contributed by atoms with Gasteiger partial charge in [0.15, 0.2) is 0 Å². The molecular weight excluding hydrogens is 204 g/mol. The molecule has 0 saturated carbocycles. The first-order chi connectivity index (χ1) is 7.66. The molecule has 0 aromatic rings. The molecule has 0 aromatic heterocycles. The van der Waals surface area contributed by atoms with E-state index in [0.29, 0.717) is 0 Å². The molecule has 0 aliphatic carbocycles. The standard InChI is InChI=1S/C5H11NO.C3H7NO.2C2H6/c1-6-2-4-7-5-3-6;1-3(5)4-2;2*1-2/h2-5H2,1H3;1-2H3,(H,4,5);2*1-2H3. The average Bonchev–Trinajstić information content (AvgIpc) is 2.36. The lowest BCUT2D eigenvalue weighted by molar-refractivity contribution is -0.118. The van der Waals surface area contributed by atoms with Crippen LogP contribution in [0.4, 0.5) is 0 Å². The minimum Gasteiger partial charge on any atom is -0.379 e. The van der Waals surface area contributed by atoms with E-state index in [4.69, 9.17) is 4.74 Å². The Morgan fingerprint density at radius 3 is 1.56 bits per heavy atom. The fourth-order valence-electron chi connectivity index (χ4n) is 0.655. The first kappa shape index (κ1) is 20.8. The molecule has 1 rings (SSSR count). The van der Waals surface area contributed by atoms with Crippen LogP contribution in [0, 0.1) is 0 Å². The van der Waals surface area contributed by atoms with Gasteiger partial charge in [-0.25, -0.2) is 0 Å². The van der Waals surface area contributed by atoms with Gasteiger partial charge in [0.05, 0.1) is 13.2 Å². The molecule has 1 saturated heterocycles. The van der Waals surface area contributed by atoms with Crippen molar-refractivity contribution in [2.75, 3.05) is 40.4 Å². The van der Waals surface area contributed by atoms with E-state index < -0.39 is 0 Å². The number of nitrogens with one attached hydrogen (secondary N) is 1. The predicted molar refractivity (Wildman–Crippen MR) is 70.8 cm³/mol. The molecule has 4 nitrogen and oxygen atoms in total. The van der Waals surface area contributed by atoms with Gasteiger partial charge in [-0.2, -0.15) is 0 Å². The van der Waals surface area contributed by atoms with E-state index in [2.05, 4.69) is 17.3 Å². The van der Waals surface area contributed by atoms with Crippen LogP contribution < -0.4 is 5.32 Å². The molecule has 0 spiro atoms. The smallest absolute Gasteiger partial charge is 0.216 e. The fraction of sp³-hybridized carbons (Fsp3) is 0.917. The Morgan fingerprint density at radius 2 is 1.44 bits per heavy atom. The van der Waals surface area contributed by atoms with Crippen molar-refractivity contribution in [3.8, 4) is 0 Å². The van der Waals surface area contributed by atoms with E-state index in [1.807, 2.05) is 27.7 Å². The van der Waals surface area contributed by atoms with Gasteiger partial charge in [-0.1, -0.05) is 27.7 Å². The normalized spacial score (nSPS) is 13.9. The van der Waals surface area contributed by atoms with Crippen LogP contribution in [0.1, 0.15) is 34.6 Å². The maximum atomic E-state index is 9.70. The first-order valence-corrected chi connectivity index (χ1v) is 6.11. The van der Waals surface area contributed by atoms with Crippen molar-refractivity contribution in [1.82, 2.24) is 10.2 Å². The van der Waals surface area contributed by atoms with E-state index in [1.165, 1.54) is 6.92 Å². The van der Waals surface area contributed by atoms with Crippen molar-refractivity contribution in [1.29, 1.82) is 0 Å². The van der Waals surface area contributed by atoms with Crippen molar-refractivity contribution in [3.05, 3.63) is 0 Å². The molecule has 1 heterocycles.